The maximum absolute atomic E-state index is 12.8. The Morgan fingerprint density at radius 2 is 1.88 bits per heavy atom. The Balaban J connectivity index is 1.68. The lowest BCUT2D eigenvalue weighted by atomic mass is 9.94. The van der Waals surface area contributed by atoms with Crippen LogP contribution in [-0.4, -0.2) is 66.3 Å². The van der Waals surface area contributed by atoms with E-state index in [1.807, 2.05) is 0 Å². The molecule has 0 radical (unpaired) electrons. The summed E-state index contributed by atoms with van der Waals surface area (Å²) in [6.45, 7) is 2.14. The summed E-state index contributed by atoms with van der Waals surface area (Å²) in [7, 11) is -3.85. The second-order valence-corrected chi connectivity index (χ2v) is 10.2. The number of nitrogens with one attached hydrogen (secondary N) is 2. The van der Waals surface area contributed by atoms with E-state index in [-0.39, 0.29) is 17.1 Å². The average Bonchev–Trinajstić information content (AvgIpc) is 2.86. The third kappa shape index (κ3) is 6.95. The highest BCUT2D eigenvalue weighted by Crippen LogP contribution is 2.26. The second-order valence-electron chi connectivity index (χ2n) is 8.41. The molecular formula is C23H33N5O5S. The van der Waals surface area contributed by atoms with Crippen LogP contribution in [-0.2, 0) is 10.0 Å². The van der Waals surface area contributed by atoms with Gasteiger partial charge in [0.25, 0.3) is 5.91 Å². The Morgan fingerprint density at radius 1 is 1.18 bits per heavy atom. The number of benzene rings is 1. The van der Waals surface area contributed by atoms with Crippen molar-refractivity contribution >= 4 is 27.4 Å². The highest BCUT2D eigenvalue weighted by atomic mass is 32.2. The van der Waals surface area contributed by atoms with Crippen molar-refractivity contribution < 1.29 is 23.4 Å². The Hall–Kier alpha value is -2.60. The molecule has 3 rings (SSSR count). The van der Waals surface area contributed by atoms with Gasteiger partial charge in [0.2, 0.25) is 10.0 Å². The van der Waals surface area contributed by atoms with Gasteiger partial charge in [-0.15, -0.1) is 0 Å². The fourth-order valence-electron chi connectivity index (χ4n) is 4.01. The van der Waals surface area contributed by atoms with Crippen LogP contribution in [0.25, 0.3) is 0 Å². The number of aliphatic hydroxyl groups is 2. The molecule has 0 bridgehead atoms. The van der Waals surface area contributed by atoms with Gasteiger partial charge in [-0.25, -0.2) is 23.1 Å². The van der Waals surface area contributed by atoms with Crippen molar-refractivity contribution in [2.75, 3.05) is 29.9 Å². The Bertz CT molecular complexity index is 1040. The fraction of sp³-hybridized carbons (Fsp3) is 0.522. The summed E-state index contributed by atoms with van der Waals surface area (Å²) < 4.78 is 26.8. The van der Waals surface area contributed by atoms with E-state index in [0.717, 1.165) is 31.6 Å². The number of rotatable bonds is 11. The largest absolute Gasteiger partial charge is 0.394 e. The molecule has 186 valence electrons. The molecule has 0 saturated heterocycles. The minimum Gasteiger partial charge on any atom is -0.394 e. The molecule has 34 heavy (non-hydrogen) atoms. The van der Waals surface area contributed by atoms with E-state index >= 15 is 0 Å². The second kappa shape index (κ2) is 12.2. The number of sulfonamides is 1. The highest BCUT2D eigenvalue weighted by Gasteiger charge is 2.23. The maximum atomic E-state index is 12.8. The number of hydrogen-bond donors (Lipinski definition) is 4. The molecule has 0 spiro atoms. The van der Waals surface area contributed by atoms with Gasteiger partial charge in [0.05, 0.1) is 17.6 Å². The Kier molecular flexibility index (Phi) is 9.34. The Labute approximate surface area is 200 Å². The predicted molar refractivity (Wildman–Crippen MR) is 129 cm³/mol. The molecule has 10 nitrogen and oxygen atoms in total. The molecule has 0 aliphatic heterocycles. The fourth-order valence-corrected chi connectivity index (χ4v) is 5.09. The molecule has 1 aromatic heterocycles. The van der Waals surface area contributed by atoms with Crippen LogP contribution in [0.1, 0.15) is 55.9 Å². The monoisotopic (exact) mass is 491 g/mol. The lowest BCUT2D eigenvalue weighted by Crippen LogP contribution is -2.38. The third-order valence-corrected chi connectivity index (χ3v) is 7.24. The van der Waals surface area contributed by atoms with E-state index < -0.39 is 28.6 Å². The van der Waals surface area contributed by atoms with Gasteiger partial charge < -0.3 is 20.4 Å². The molecule has 1 atom stereocenters. The molecule has 1 aliphatic rings. The summed E-state index contributed by atoms with van der Waals surface area (Å²) >= 11 is 0. The lowest BCUT2D eigenvalue weighted by molar-refractivity contribution is 0.0988. The maximum Gasteiger partial charge on any atom is 0.274 e. The Morgan fingerprint density at radius 3 is 2.53 bits per heavy atom. The molecule has 1 heterocycles. The minimum absolute atomic E-state index is 0.0253. The van der Waals surface area contributed by atoms with Crippen LogP contribution in [0, 0.1) is 0 Å². The zero-order chi connectivity index (χ0) is 24.6. The van der Waals surface area contributed by atoms with Gasteiger partial charge in [-0.2, -0.15) is 0 Å². The summed E-state index contributed by atoms with van der Waals surface area (Å²) in [5, 5.41) is 20.9. The third-order valence-electron chi connectivity index (χ3n) is 5.80. The quantitative estimate of drug-likeness (QED) is 0.373. The molecule has 1 amide bonds. The van der Waals surface area contributed by atoms with Crippen LogP contribution in [0.15, 0.2) is 41.6 Å². The van der Waals surface area contributed by atoms with Crippen LogP contribution in [0.2, 0.25) is 0 Å². The summed E-state index contributed by atoms with van der Waals surface area (Å²) in [5.41, 5.74) is 0.649. The summed E-state index contributed by atoms with van der Waals surface area (Å²) in [6.07, 6.45) is 7.09. The van der Waals surface area contributed by atoms with Gasteiger partial charge in [0.15, 0.2) is 0 Å². The van der Waals surface area contributed by atoms with Gasteiger partial charge in [-0.3, -0.25) is 4.79 Å². The van der Waals surface area contributed by atoms with Gasteiger partial charge in [-0.05, 0) is 43.5 Å². The van der Waals surface area contributed by atoms with E-state index in [0.29, 0.717) is 11.7 Å². The molecule has 1 fully saturated rings. The summed E-state index contributed by atoms with van der Waals surface area (Å²) in [4.78, 5) is 23.6. The van der Waals surface area contributed by atoms with E-state index in [4.69, 9.17) is 5.11 Å². The number of carbonyl (C=O) groups excluding carboxylic acids is 1. The van der Waals surface area contributed by atoms with Crippen LogP contribution >= 0.6 is 0 Å². The van der Waals surface area contributed by atoms with Crippen molar-refractivity contribution in [1.29, 1.82) is 0 Å². The van der Waals surface area contributed by atoms with E-state index in [9.17, 15) is 18.3 Å². The summed E-state index contributed by atoms with van der Waals surface area (Å²) in [6, 6.07) is 7.77. The van der Waals surface area contributed by atoms with Crippen LogP contribution < -0.4 is 14.9 Å². The molecule has 2 aromatic rings. The first-order valence-electron chi connectivity index (χ1n) is 11.6. The molecule has 1 saturated carbocycles. The average molecular weight is 492 g/mol. The first kappa shape index (κ1) is 26.0. The normalized spacial score (nSPS) is 15.6. The first-order valence-corrected chi connectivity index (χ1v) is 13.1. The van der Waals surface area contributed by atoms with Gasteiger partial charge in [0, 0.05) is 30.9 Å². The van der Waals surface area contributed by atoms with E-state index in [2.05, 4.69) is 31.8 Å². The minimum atomic E-state index is -3.85. The first-order chi connectivity index (χ1) is 16.3. The number of aliphatic hydroxyl groups excluding tert-OH is 2. The molecule has 11 heteroatoms. The van der Waals surface area contributed by atoms with Gasteiger partial charge in [0.1, 0.15) is 17.8 Å². The number of anilines is 2. The molecule has 4 N–H and O–H groups in total. The van der Waals surface area contributed by atoms with Crippen molar-refractivity contribution in [2.24, 2.45) is 0 Å². The highest BCUT2D eigenvalue weighted by molar-refractivity contribution is 7.89. The zero-order valence-corrected chi connectivity index (χ0v) is 20.2. The standard InChI is InChI=1S/C23H33N5O5S/c1-2-12-28(18-6-4-3-5-7-18)22-13-21(24-16-25-22)23(31)27-17-8-10-20(11-9-17)34(32,33)26-14-19(30)15-29/h8-11,13,16,18-19,26,29-30H,2-7,12,14-15H2,1H3,(H,27,31). The molecular weight excluding hydrogens is 458 g/mol. The SMILES string of the molecule is CCCN(c1cc(C(=O)Nc2ccc(S(=O)(=O)NCC(O)CO)cc2)ncn1)C1CCCCC1. The lowest BCUT2D eigenvalue weighted by Gasteiger charge is -2.35. The van der Waals surface area contributed by atoms with E-state index in [1.165, 1.54) is 49.9 Å². The number of carbonyl (C=O) groups is 1. The summed E-state index contributed by atoms with van der Waals surface area (Å²) in [5.74, 6) is 0.329. The number of aromatic nitrogens is 2. The predicted octanol–water partition coefficient (Wildman–Crippen LogP) is 1.91. The smallest absolute Gasteiger partial charge is 0.274 e. The van der Waals surface area contributed by atoms with Crippen molar-refractivity contribution in [3.63, 3.8) is 0 Å². The van der Waals surface area contributed by atoms with Crippen molar-refractivity contribution in [3.05, 3.63) is 42.4 Å². The zero-order valence-electron chi connectivity index (χ0n) is 19.4. The van der Waals surface area contributed by atoms with E-state index in [1.54, 1.807) is 6.07 Å². The van der Waals surface area contributed by atoms with Gasteiger partial charge in [-0.1, -0.05) is 26.2 Å². The molecule has 1 aromatic carbocycles. The number of nitrogens with zero attached hydrogens (tertiary/aromatic N) is 3. The topological polar surface area (TPSA) is 145 Å². The van der Waals surface area contributed by atoms with Crippen molar-refractivity contribution in [3.8, 4) is 0 Å². The molecule has 1 unspecified atom stereocenters. The van der Waals surface area contributed by atoms with Crippen molar-refractivity contribution in [2.45, 2.75) is 62.5 Å². The number of hydrogen-bond acceptors (Lipinski definition) is 8. The van der Waals surface area contributed by atoms with Crippen molar-refractivity contribution in [1.82, 2.24) is 14.7 Å². The van der Waals surface area contributed by atoms with Crippen LogP contribution in [0.3, 0.4) is 0 Å². The van der Waals surface area contributed by atoms with Crippen LogP contribution in [0.5, 0.6) is 0 Å². The number of amides is 1. The van der Waals surface area contributed by atoms with Gasteiger partial charge >= 0.3 is 0 Å². The molecule has 1 aliphatic carbocycles. The van der Waals surface area contributed by atoms with Crippen LogP contribution in [0.4, 0.5) is 11.5 Å².